The Morgan fingerprint density at radius 3 is 2.44 bits per heavy atom. The van der Waals surface area contributed by atoms with Gasteiger partial charge < -0.3 is 9.67 Å². The number of carboxylic acid groups (broad SMARTS) is 1. The Balaban J connectivity index is 2.18. The van der Waals surface area contributed by atoms with Crippen molar-refractivity contribution in [3.05, 3.63) is 24.5 Å². The van der Waals surface area contributed by atoms with E-state index < -0.39 is 11.5 Å². The highest BCUT2D eigenvalue weighted by Gasteiger charge is 2.37. The predicted molar refractivity (Wildman–Crippen MR) is 62.3 cm³/mol. The zero-order valence-electron chi connectivity index (χ0n) is 9.72. The Labute approximate surface area is 96.1 Å². The van der Waals surface area contributed by atoms with Gasteiger partial charge in [0.2, 0.25) is 0 Å². The molecule has 1 aliphatic rings. The molecule has 1 unspecified atom stereocenters. The van der Waals surface area contributed by atoms with E-state index in [1.165, 1.54) is 25.7 Å². The van der Waals surface area contributed by atoms with Crippen LogP contribution in [0.5, 0.6) is 0 Å². The van der Waals surface area contributed by atoms with E-state index in [9.17, 15) is 9.90 Å². The number of rotatable bonds is 4. The van der Waals surface area contributed by atoms with E-state index in [1.54, 1.807) is 0 Å². The summed E-state index contributed by atoms with van der Waals surface area (Å²) >= 11 is 0. The monoisotopic (exact) mass is 221 g/mol. The SMILES string of the molecule is CC(CC1CCCC1)(C(=O)O)n1cccc1. The van der Waals surface area contributed by atoms with Crippen LogP contribution in [0, 0.1) is 5.92 Å². The molecule has 1 heterocycles. The summed E-state index contributed by atoms with van der Waals surface area (Å²) in [5.74, 6) is -0.154. The molecule has 0 spiro atoms. The molecule has 3 heteroatoms. The lowest BCUT2D eigenvalue weighted by Crippen LogP contribution is -2.39. The molecule has 0 aromatic carbocycles. The third-order valence-corrected chi connectivity index (χ3v) is 3.80. The number of carboxylic acids is 1. The highest BCUT2D eigenvalue weighted by atomic mass is 16.4. The molecule has 1 aromatic heterocycles. The molecule has 0 bridgehead atoms. The summed E-state index contributed by atoms with van der Waals surface area (Å²) in [4.78, 5) is 11.5. The lowest BCUT2D eigenvalue weighted by atomic mass is 9.87. The van der Waals surface area contributed by atoms with E-state index in [1.807, 2.05) is 36.0 Å². The van der Waals surface area contributed by atoms with Crippen molar-refractivity contribution in [1.29, 1.82) is 0 Å². The molecule has 0 radical (unpaired) electrons. The average molecular weight is 221 g/mol. The molecule has 16 heavy (non-hydrogen) atoms. The quantitative estimate of drug-likeness (QED) is 0.849. The number of nitrogens with zero attached hydrogens (tertiary/aromatic N) is 1. The Morgan fingerprint density at radius 2 is 1.94 bits per heavy atom. The molecule has 0 aliphatic heterocycles. The Kier molecular flexibility index (Phi) is 3.03. The van der Waals surface area contributed by atoms with Gasteiger partial charge in [0.05, 0.1) is 0 Å². The first-order chi connectivity index (χ1) is 7.63. The van der Waals surface area contributed by atoms with Gasteiger partial charge >= 0.3 is 5.97 Å². The smallest absolute Gasteiger partial charge is 0.329 e. The number of carbonyl (C=O) groups is 1. The van der Waals surface area contributed by atoms with Crippen LogP contribution in [-0.2, 0) is 10.3 Å². The molecule has 1 aromatic rings. The van der Waals surface area contributed by atoms with Crippen molar-refractivity contribution in [2.75, 3.05) is 0 Å². The second-order valence-corrected chi connectivity index (χ2v) is 5.02. The minimum absolute atomic E-state index is 0.573. The molecule has 88 valence electrons. The maximum absolute atomic E-state index is 11.5. The van der Waals surface area contributed by atoms with E-state index in [0.29, 0.717) is 5.92 Å². The van der Waals surface area contributed by atoms with Crippen molar-refractivity contribution >= 4 is 5.97 Å². The molecule has 1 aliphatic carbocycles. The van der Waals surface area contributed by atoms with Gasteiger partial charge in [-0.1, -0.05) is 25.7 Å². The van der Waals surface area contributed by atoms with E-state index in [-0.39, 0.29) is 0 Å². The molecule has 0 saturated heterocycles. The van der Waals surface area contributed by atoms with Crippen LogP contribution in [0.4, 0.5) is 0 Å². The third-order valence-electron chi connectivity index (χ3n) is 3.80. The van der Waals surface area contributed by atoms with Crippen LogP contribution < -0.4 is 0 Å². The topological polar surface area (TPSA) is 42.2 Å². The maximum Gasteiger partial charge on any atom is 0.329 e. The Bertz CT molecular complexity index is 352. The second-order valence-electron chi connectivity index (χ2n) is 5.02. The van der Waals surface area contributed by atoms with Crippen molar-refractivity contribution < 1.29 is 9.90 Å². The summed E-state index contributed by atoms with van der Waals surface area (Å²) in [7, 11) is 0. The number of aromatic nitrogens is 1. The normalized spacial score (nSPS) is 20.8. The van der Waals surface area contributed by atoms with Gasteiger partial charge in [0, 0.05) is 12.4 Å². The van der Waals surface area contributed by atoms with E-state index >= 15 is 0 Å². The molecule has 3 nitrogen and oxygen atoms in total. The number of aliphatic carboxylic acids is 1. The Morgan fingerprint density at radius 1 is 1.38 bits per heavy atom. The minimum Gasteiger partial charge on any atom is -0.479 e. The third kappa shape index (κ3) is 1.99. The van der Waals surface area contributed by atoms with Gasteiger partial charge in [0.1, 0.15) is 5.54 Å². The van der Waals surface area contributed by atoms with Crippen LogP contribution in [0.25, 0.3) is 0 Å². The summed E-state index contributed by atoms with van der Waals surface area (Å²) < 4.78 is 1.83. The van der Waals surface area contributed by atoms with Crippen molar-refractivity contribution in [1.82, 2.24) is 4.57 Å². The van der Waals surface area contributed by atoms with Crippen molar-refractivity contribution in [2.45, 2.75) is 44.6 Å². The fraction of sp³-hybridized carbons (Fsp3) is 0.615. The maximum atomic E-state index is 11.5. The van der Waals surface area contributed by atoms with Crippen LogP contribution in [0.2, 0.25) is 0 Å². The van der Waals surface area contributed by atoms with E-state index in [2.05, 4.69) is 0 Å². The second kappa shape index (κ2) is 4.32. The van der Waals surface area contributed by atoms with Crippen LogP contribution in [0.15, 0.2) is 24.5 Å². The largest absolute Gasteiger partial charge is 0.479 e. The minimum atomic E-state index is -0.779. The summed E-state index contributed by atoms with van der Waals surface area (Å²) in [5.41, 5.74) is -0.779. The van der Waals surface area contributed by atoms with Crippen molar-refractivity contribution in [2.24, 2.45) is 5.92 Å². The highest BCUT2D eigenvalue weighted by molar-refractivity contribution is 5.76. The molecule has 1 saturated carbocycles. The van der Waals surface area contributed by atoms with Gasteiger partial charge in [-0.05, 0) is 31.4 Å². The molecular weight excluding hydrogens is 202 g/mol. The molecule has 1 atom stereocenters. The van der Waals surface area contributed by atoms with Gasteiger partial charge in [-0.2, -0.15) is 0 Å². The molecule has 2 rings (SSSR count). The van der Waals surface area contributed by atoms with Gasteiger partial charge in [-0.15, -0.1) is 0 Å². The zero-order valence-corrected chi connectivity index (χ0v) is 9.72. The van der Waals surface area contributed by atoms with E-state index in [0.717, 1.165) is 6.42 Å². The molecule has 1 N–H and O–H groups in total. The first-order valence-corrected chi connectivity index (χ1v) is 6.00. The zero-order chi connectivity index (χ0) is 11.6. The van der Waals surface area contributed by atoms with Crippen molar-refractivity contribution in [3.63, 3.8) is 0 Å². The fourth-order valence-electron chi connectivity index (χ4n) is 2.74. The average Bonchev–Trinajstić information content (AvgIpc) is 2.88. The van der Waals surface area contributed by atoms with Gasteiger partial charge in [-0.25, -0.2) is 4.79 Å². The number of hydrogen-bond donors (Lipinski definition) is 1. The summed E-state index contributed by atoms with van der Waals surface area (Å²) in [5, 5.41) is 9.44. The summed E-state index contributed by atoms with van der Waals surface area (Å²) in [6, 6.07) is 3.77. The standard InChI is InChI=1S/C13H19NO2/c1-13(12(15)16,14-8-4-5-9-14)10-11-6-2-3-7-11/h4-5,8-9,11H,2-3,6-7,10H2,1H3,(H,15,16). The highest BCUT2D eigenvalue weighted by Crippen LogP contribution is 2.35. The predicted octanol–water partition coefficient (Wildman–Crippen LogP) is 2.87. The van der Waals surface area contributed by atoms with Crippen LogP contribution in [0.3, 0.4) is 0 Å². The van der Waals surface area contributed by atoms with Crippen LogP contribution in [0.1, 0.15) is 39.0 Å². The van der Waals surface area contributed by atoms with Gasteiger partial charge in [0.15, 0.2) is 0 Å². The van der Waals surface area contributed by atoms with Crippen LogP contribution in [-0.4, -0.2) is 15.6 Å². The first-order valence-electron chi connectivity index (χ1n) is 6.00. The molecule has 1 fully saturated rings. The summed E-state index contributed by atoms with van der Waals surface area (Å²) in [6.07, 6.45) is 9.33. The lowest BCUT2D eigenvalue weighted by Gasteiger charge is -2.29. The van der Waals surface area contributed by atoms with Gasteiger partial charge in [0.25, 0.3) is 0 Å². The Hall–Kier alpha value is -1.25. The van der Waals surface area contributed by atoms with E-state index in [4.69, 9.17) is 0 Å². The van der Waals surface area contributed by atoms with Gasteiger partial charge in [-0.3, -0.25) is 0 Å². The summed E-state index contributed by atoms with van der Waals surface area (Å²) in [6.45, 7) is 1.83. The lowest BCUT2D eigenvalue weighted by molar-refractivity contribution is -0.147. The fourth-order valence-corrected chi connectivity index (χ4v) is 2.74. The van der Waals surface area contributed by atoms with Crippen LogP contribution >= 0.6 is 0 Å². The first kappa shape index (κ1) is 11.2. The number of hydrogen-bond acceptors (Lipinski definition) is 1. The van der Waals surface area contributed by atoms with Crippen molar-refractivity contribution in [3.8, 4) is 0 Å². The molecule has 0 amide bonds. The molecular formula is C13H19NO2.